The molecule has 0 aromatic carbocycles. The summed E-state index contributed by atoms with van der Waals surface area (Å²) in [5, 5.41) is 15.5. The van der Waals surface area contributed by atoms with Gasteiger partial charge in [-0.2, -0.15) is 0 Å². The van der Waals surface area contributed by atoms with Crippen LogP contribution < -0.4 is 11.5 Å². The molecule has 0 aliphatic carbocycles. The second-order valence-corrected chi connectivity index (χ2v) is 1.55. The van der Waals surface area contributed by atoms with Gasteiger partial charge in [0, 0.05) is 6.92 Å². The highest BCUT2D eigenvalue weighted by atomic mass is 16.4. The van der Waals surface area contributed by atoms with Gasteiger partial charge >= 0.3 is 0 Å². The van der Waals surface area contributed by atoms with Crippen molar-refractivity contribution >= 4 is 11.9 Å². The number of carbonyl (C=O) groups is 1. The van der Waals surface area contributed by atoms with E-state index in [0.29, 0.717) is 6.54 Å². The summed E-state index contributed by atoms with van der Waals surface area (Å²) in [5.41, 5.74) is 9.79. The van der Waals surface area contributed by atoms with Gasteiger partial charge in [-0.05, 0) is 0 Å². The van der Waals surface area contributed by atoms with Crippen molar-refractivity contribution in [3.63, 3.8) is 0 Å². The molecule has 0 aromatic rings. The van der Waals surface area contributed by atoms with Crippen molar-refractivity contribution in [3.8, 4) is 0 Å². The summed E-state index contributed by atoms with van der Waals surface area (Å²) in [7, 11) is 0. The third kappa shape index (κ3) is 53.6. The van der Waals surface area contributed by atoms with Gasteiger partial charge < -0.3 is 21.7 Å². The van der Waals surface area contributed by atoms with Gasteiger partial charge in [0.05, 0.1) is 13.2 Å². The van der Waals surface area contributed by atoms with E-state index < -0.39 is 5.97 Å². The molecular formula is C5H13N3O3. The van der Waals surface area contributed by atoms with Crippen LogP contribution in [0, 0.1) is 0 Å². The highest BCUT2D eigenvalue weighted by molar-refractivity contribution is 5.75. The average Bonchev–Trinajstić information content (AvgIpc) is 1.82. The van der Waals surface area contributed by atoms with Crippen LogP contribution in [0.1, 0.15) is 6.92 Å². The first-order valence-electron chi connectivity index (χ1n) is 2.86. The summed E-state index contributed by atoms with van der Waals surface area (Å²) >= 11 is 0. The van der Waals surface area contributed by atoms with Crippen LogP contribution in [-0.4, -0.2) is 35.3 Å². The SMILES string of the molecule is CC(=O)O.NC(N)=NCCO. The molecular weight excluding hydrogens is 150 g/mol. The van der Waals surface area contributed by atoms with Gasteiger partial charge in [-0.1, -0.05) is 0 Å². The molecule has 0 saturated heterocycles. The van der Waals surface area contributed by atoms with Crippen molar-refractivity contribution in [1.29, 1.82) is 0 Å². The minimum Gasteiger partial charge on any atom is -0.481 e. The minimum absolute atomic E-state index is 0.00208. The lowest BCUT2D eigenvalue weighted by molar-refractivity contribution is -0.134. The number of aliphatic hydroxyl groups is 1. The lowest BCUT2D eigenvalue weighted by Crippen LogP contribution is -2.23. The van der Waals surface area contributed by atoms with E-state index in [2.05, 4.69) is 4.99 Å². The summed E-state index contributed by atoms with van der Waals surface area (Å²) in [6.07, 6.45) is 0. The predicted molar refractivity (Wildman–Crippen MR) is 41.1 cm³/mol. The number of hydrogen-bond acceptors (Lipinski definition) is 3. The Labute approximate surface area is 64.5 Å². The molecule has 0 unspecified atom stereocenters. The van der Waals surface area contributed by atoms with E-state index in [9.17, 15) is 0 Å². The van der Waals surface area contributed by atoms with Gasteiger partial charge in [-0.25, -0.2) is 0 Å². The van der Waals surface area contributed by atoms with Gasteiger partial charge in [0.1, 0.15) is 0 Å². The van der Waals surface area contributed by atoms with Crippen LogP contribution in [0.3, 0.4) is 0 Å². The van der Waals surface area contributed by atoms with Crippen molar-refractivity contribution in [2.45, 2.75) is 6.92 Å². The number of aliphatic carboxylic acids is 1. The zero-order valence-corrected chi connectivity index (χ0v) is 6.32. The van der Waals surface area contributed by atoms with E-state index >= 15 is 0 Å². The number of nitrogens with zero attached hydrogens (tertiary/aromatic N) is 1. The Morgan fingerprint density at radius 3 is 2.00 bits per heavy atom. The first-order chi connectivity index (χ1) is 5.00. The van der Waals surface area contributed by atoms with E-state index in [1.165, 1.54) is 0 Å². The first kappa shape index (κ1) is 12.4. The number of hydrogen-bond donors (Lipinski definition) is 4. The maximum atomic E-state index is 9.00. The summed E-state index contributed by atoms with van der Waals surface area (Å²) < 4.78 is 0. The highest BCUT2D eigenvalue weighted by Gasteiger charge is 1.75. The number of nitrogens with two attached hydrogens (primary N) is 2. The molecule has 0 rings (SSSR count). The molecule has 66 valence electrons. The number of guanidine groups is 1. The zero-order valence-electron chi connectivity index (χ0n) is 6.32. The Bertz CT molecular complexity index is 127. The Morgan fingerprint density at radius 1 is 1.55 bits per heavy atom. The van der Waals surface area contributed by atoms with Gasteiger partial charge in [0.15, 0.2) is 5.96 Å². The third-order valence-corrected chi connectivity index (χ3v) is 0.394. The van der Waals surface area contributed by atoms with Crippen LogP contribution in [0.25, 0.3) is 0 Å². The van der Waals surface area contributed by atoms with Crippen LogP contribution in [0.2, 0.25) is 0 Å². The van der Waals surface area contributed by atoms with Crippen LogP contribution in [0.5, 0.6) is 0 Å². The number of aliphatic hydroxyl groups excluding tert-OH is 1. The maximum absolute atomic E-state index is 9.00. The Morgan fingerprint density at radius 2 is 1.91 bits per heavy atom. The first-order valence-corrected chi connectivity index (χ1v) is 2.86. The highest BCUT2D eigenvalue weighted by Crippen LogP contribution is 1.61. The molecule has 0 aromatic heterocycles. The maximum Gasteiger partial charge on any atom is 0.300 e. The molecule has 0 bridgehead atoms. The van der Waals surface area contributed by atoms with Crippen molar-refractivity contribution in [2.24, 2.45) is 16.5 Å². The predicted octanol–water partition coefficient (Wildman–Crippen LogP) is -1.66. The summed E-state index contributed by atoms with van der Waals surface area (Å²) in [4.78, 5) is 12.5. The number of aliphatic imine (C=N–C) groups is 1. The lowest BCUT2D eigenvalue weighted by atomic mass is 10.7. The average molecular weight is 163 g/mol. The molecule has 0 radical (unpaired) electrons. The van der Waals surface area contributed by atoms with E-state index in [1.54, 1.807) is 0 Å². The standard InChI is InChI=1S/C3H9N3O.C2H4O2/c4-3(5)6-1-2-7;1-2(3)4/h7H,1-2H2,(H4,4,5,6);1H3,(H,3,4). The second-order valence-electron chi connectivity index (χ2n) is 1.55. The minimum atomic E-state index is -0.833. The van der Waals surface area contributed by atoms with E-state index in [4.69, 9.17) is 26.5 Å². The fourth-order valence-corrected chi connectivity index (χ4v) is 0.179. The molecule has 6 nitrogen and oxygen atoms in total. The monoisotopic (exact) mass is 163 g/mol. The smallest absolute Gasteiger partial charge is 0.300 e. The van der Waals surface area contributed by atoms with Crippen LogP contribution in [-0.2, 0) is 4.79 Å². The fraction of sp³-hybridized carbons (Fsp3) is 0.600. The number of rotatable bonds is 2. The third-order valence-electron chi connectivity index (χ3n) is 0.394. The molecule has 0 heterocycles. The molecule has 0 spiro atoms. The number of carboxylic acid groups (broad SMARTS) is 1. The van der Waals surface area contributed by atoms with Crippen molar-refractivity contribution < 1.29 is 15.0 Å². The van der Waals surface area contributed by atoms with E-state index in [0.717, 1.165) is 6.92 Å². The normalized spacial score (nSPS) is 7.45. The van der Waals surface area contributed by atoms with Gasteiger partial charge in [-0.3, -0.25) is 9.79 Å². The Hall–Kier alpha value is -1.30. The molecule has 11 heavy (non-hydrogen) atoms. The van der Waals surface area contributed by atoms with Crippen LogP contribution >= 0.6 is 0 Å². The Kier molecular flexibility index (Phi) is 9.79. The molecule has 0 amide bonds. The van der Waals surface area contributed by atoms with Crippen molar-refractivity contribution in [3.05, 3.63) is 0 Å². The van der Waals surface area contributed by atoms with Crippen molar-refractivity contribution in [1.82, 2.24) is 0 Å². The number of carboxylic acids is 1. The topological polar surface area (TPSA) is 122 Å². The molecule has 0 fully saturated rings. The Balaban J connectivity index is 0. The largest absolute Gasteiger partial charge is 0.481 e. The van der Waals surface area contributed by atoms with Gasteiger partial charge in [0.2, 0.25) is 0 Å². The van der Waals surface area contributed by atoms with E-state index in [1.807, 2.05) is 0 Å². The molecule has 0 aliphatic heterocycles. The summed E-state index contributed by atoms with van der Waals surface area (Å²) in [6.45, 7) is 1.38. The van der Waals surface area contributed by atoms with Gasteiger partial charge in [0.25, 0.3) is 5.97 Å². The van der Waals surface area contributed by atoms with Crippen molar-refractivity contribution in [2.75, 3.05) is 13.2 Å². The zero-order chi connectivity index (χ0) is 9.28. The molecule has 6 N–H and O–H groups in total. The summed E-state index contributed by atoms with van der Waals surface area (Å²) in [6, 6.07) is 0. The van der Waals surface area contributed by atoms with Crippen LogP contribution in [0.4, 0.5) is 0 Å². The quantitative estimate of drug-likeness (QED) is 0.287. The lowest BCUT2D eigenvalue weighted by Gasteiger charge is -1.86. The van der Waals surface area contributed by atoms with E-state index in [-0.39, 0.29) is 12.6 Å². The fourth-order valence-electron chi connectivity index (χ4n) is 0.179. The van der Waals surface area contributed by atoms with Gasteiger partial charge in [-0.15, -0.1) is 0 Å². The summed E-state index contributed by atoms with van der Waals surface area (Å²) in [5.74, 6) is -0.811. The second kappa shape index (κ2) is 8.70. The molecule has 0 saturated carbocycles. The van der Waals surface area contributed by atoms with Crippen LogP contribution in [0.15, 0.2) is 4.99 Å². The molecule has 0 atom stereocenters. The molecule has 6 heteroatoms. The molecule has 0 aliphatic rings.